The molecule has 1 atom stereocenters. The molecule has 0 aliphatic heterocycles. The van der Waals surface area contributed by atoms with Gasteiger partial charge in [-0.25, -0.2) is 0 Å². The van der Waals surface area contributed by atoms with Gasteiger partial charge >= 0.3 is 0 Å². The van der Waals surface area contributed by atoms with Crippen LogP contribution in [-0.4, -0.2) is 31.5 Å². The Kier molecular flexibility index (Phi) is 7.78. The van der Waals surface area contributed by atoms with Gasteiger partial charge in [0.2, 0.25) is 5.75 Å². The van der Waals surface area contributed by atoms with Crippen molar-refractivity contribution in [3.8, 4) is 23.0 Å². The van der Waals surface area contributed by atoms with Gasteiger partial charge in [-0.3, -0.25) is 0 Å². The number of phenols is 1. The summed E-state index contributed by atoms with van der Waals surface area (Å²) in [5.74, 6) is 1.94. The average Bonchev–Trinajstić information content (AvgIpc) is 2.83. The lowest BCUT2D eigenvalue weighted by Gasteiger charge is -2.12. The zero-order valence-electron chi connectivity index (χ0n) is 18.3. The molecule has 0 bridgehead atoms. The van der Waals surface area contributed by atoms with E-state index in [4.69, 9.17) is 14.2 Å². The lowest BCUT2D eigenvalue weighted by molar-refractivity contribution is 0.228. The fraction of sp³-hybridized carbons (Fsp3) is 0.154. The normalized spacial score (nSPS) is 12.1. The van der Waals surface area contributed by atoms with Gasteiger partial charge in [0, 0.05) is 5.69 Å². The van der Waals surface area contributed by atoms with E-state index in [0.717, 1.165) is 16.8 Å². The third kappa shape index (κ3) is 5.83. The number of benzene rings is 3. The first kappa shape index (κ1) is 22.8. The van der Waals surface area contributed by atoms with Gasteiger partial charge < -0.3 is 29.7 Å². The number of hydrogen-bond acceptors (Lipinski definition) is 6. The lowest BCUT2D eigenvalue weighted by atomic mass is 10.1. The Morgan fingerprint density at radius 2 is 1.38 bits per heavy atom. The molecule has 1 unspecified atom stereocenters. The number of anilines is 1. The van der Waals surface area contributed by atoms with Crippen molar-refractivity contribution in [1.29, 1.82) is 0 Å². The summed E-state index contributed by atoms with van der Waals surface area (Å²) in [4.78, 5) is 0. The summed E-state index contributed by atoms with van der Waals surface area (Å²) in [7, 11) is 4.76. The lowest BCUT2D eigenvalue weighted by Crippen LogP contribution is -1.95. The van der Waals surface area contributed by atoms with E-state index in [1.165, 1.54) is 0 Å². The topological polar surface area (TPSA) is 80.2 Å². The summed E-state index contributed by atoms with van der Waals surface area (Å²) in [5.41, 5.74) is 3.54. The predicted octanol–water partition coefficient (Wildman–Crippen LogP) is 5.25. The first-order valence-corrected chi connectivity index (χ1v) is 10.0. The highest BCUT2D eigenvalue weighted by Crippen LogP contribution is 2.38. The molecule has 3 rings (SSSR count). The van der Waals surface area contributed by atoms with Crippen LogP contribution in [0, 0.1) is 0 Å². The maximum absolute atomic E-state index is 10.2. The second-order valence-electron chi connectivity index (χ2n) is 6.95. The number of aliphatic hydroxyl groups excluding tert-OH is 1. The van der Waals surface area contributed by atoms with Gasteiger partial charge in [-0.15, -0.1) is 0 Å². The summed E-state index contributed by atoms with van der Waals surface area (Å²) in [5, 5.41) is 22.6. The van der Waals surface area contributed by atoms with Crippen LogP contribution in [0.5, 0.6) is 23.0 Å². The quantitative estimate of drug-likeness (QED) is 0.400. The maximum atomic E-state index is 10.2. The van der Waals surface area contributed by atoms with Gasteiger partial charge in [0.25, 0.3) is 0 Å². The zero-order valence-corrected chi connectivity index (χ0v) is 18.3. The van der Waals surface area contributed by atoms with E-state index in [1.54, 1.807) is 57.9 Å². The molecule has 0 fully saturated rings. The molecule has 0 saturated carbocycles. The van der Waals surface area contributed by atoms with E-state index in [0.29, 0.717) is 22.8 Å². The highest BCUT2D eigenvalue weighted by molar-refractivity contribution is 5.73. The van der Waals surface area contributed by atoms with Crippen LogP contribution < -0.4 is 19.5 Å². The van der Waals surface area contributed by atoms with Crippen LogP contribution in [0.25, 0.3) is 12.2 Å². The summed E-state index contributed by atoms with van der Waals surface area (Å²) in [6.45, 7) is 0. The molecule has 6 nitrogen and oxygen atoms in total. The minimum atomic E-state index is -0.760. The van der Waals surface area contributed by atoms with Crippen molar-refractivity contribution in [1.82, 2.24) is 0 Å². The van der Waals surface area contributed by atoms with E-state index >= 15 is 0 Å². The third-order valence-corrected chi connectivity index (χ3v) is 4.83. The highest BCUT2D eigenvalue weighted by Gasteiger charge is 2.11. The first-order valence-electron chi connectivity index (χ1n) is 10.0. The molecule has 0 saturated heterocycles. The Morgan fingerprint density at radius 3 is 1.94 bits per heavy atom. The molecule has 0 radical (unpaired) electrons. The summed E-state index contributed by atoms with van der Waals surface area (Å²) in [6.07, 6.45) is 6.54. The van der Waals surface area contributed by atoms with E-state index in [2.05, 4.69) is 5.32 Å². The number of nitrogens with one attached hydrogen (secondary N) is 1. The van der Waals surface area contributed by atoms with Crippen LogP contribution in [0.1, 0.15) is 22.8 Å². The Bertz CT molecular complexity index is 1050. The van der Waals surface area contributed by atoms with Crippen molar-refractivity contribution < 1.29 is 24.4 Å². The second kappa shape index (κ2) is 10.9. The van der Waals surface area contributed by atoms with Crippen molar-refractivity contribution in [3.05, 3.63) is 89.6 Å². The third-order valence-electron chi connectivity index (χ3n) is 4.83. The van der Waals surface area contributed by atoms with Crippen LogP contribution in [0.3, 0.4) is 0 Å². The van der Waals surface area contributed by atoms with Crippen molar-refractivity contribution in [2.24, 2.45) is 0 Å². The van der Waals surface area contributed by atoms with Crippen LogP contribution in [0.4, 0.5) is 5.69 Å². The van der Waals surface area contributed by atoms with E-state index in [1.807, 2.05) is 48.6 Å². The average molecular weight is 434 g/mol. The van der Waals surface area contributed by atoms with E-state index in [9.17, 15) is 10.2 Å². The first-order chi connectivity index (χ1) is 15.5. The Labute approximate surface area is 188 Å². The standard InChI is InChI=1S/C26H27NO5/c1-30-24-16-19(17-25(31-2)26(24)32-3)5-4-18-6-10-21(11-7-18)27-15-14-23(29)20-8-12-22(28)13-9-20/h4-17,23,27-29H,1-3H3/b5-4-,15-14-. The molecule has 6 heteroatoms. The fourth-order valence-electron chi connectivity index (χ4n) is 3.10. The fourth-order valence-corrected chi connectivity index (χ4v) is 3.10. The van der Waals surface area contributed by atoms with Gasteiger partial charge in [0.15, 0.2) is 11.5 Å². The summed E-state index contributed by atoms with van der Waals surface area (Å²) < 4.78 is 16.1. The molecule has 32 heavy (non-hydrogen) atoms. The number of aromatic hydroxyl groups is 1. The predicted molar refractivity (Wildman–Crippen MR) is 127 cm³/mol. The van der Waals surface area contributed by atoms with Gasteiger partial charge in [-0.05, 0) is 65.4 Å². The van der Waals surface area contributed by atoms with Crippen LogP contribution in [0.2, 0.25) is 0 Å². The molecule has 3 aromatic rings. The van der Waals surface area contributed by atoms with Gasteiger partial charge in [0.1, 0.15) is 5.75 Å². The van der Waals surface area contributed by atoms with Crippen molar-refractivity contribution in [2.45, 2.75) is 6.10 Å². The van der Waals surface area contributed by atoms with Gasteiger partial charge in [-0.2, -0.15) is 0 Å². The maximum Gasteiger partial charge on any atom is 0.203 e. The highest BCUT2D eigenvalue weighted by atomic mass is 16.5. The molecule has 3 N–H and O–H groups in total. The zero-order chi connectivity index (χ0) is 22.9. The number of aliphatic hydroxyl groups is 1. The second-order valence-corrected chi connectivity index (χ2v) is 6.95. The number of methoxy groups -OCH3 is 3. The molecular formula is C26H27NO5. The van der Waals surface area contributed by atoms with Crippen LogP contribution in [-0.2, 0) is 0 Å². The van der Waals surface area contributed by atoms with Crippen molar-refractivity contribution >= 4 is 17.8 Å². The Morgan fingerprint density at radius 1 is 0.781 bits per heavy atom. The minimum absolute atomic E-state index is 0.169. The minimum Gasteiger partial charge on any atom is -0.508 e. The van der Waals surface area contributed by atoms with E-state index < -0.39 is 6.10 Å². The largest absolute Gasteiger partial charge is 0.508 e. The number of hydrogen-bond donors (Lipinski definition) is 3. The molecule has 166 valence electrons. The molecule has 0 heterocycles. The van der Waals surface area contributed by atoms with Crippen LogP contribution in [0.15, 0.2) is 72.9 Å². The smallest absolute Gasteiger partial charge is 0.203 e. The molecule has 0 spiro atoms. The van der Waals surface area contributed by atoms with Crippen LogP contribution >= 0.6 is 0 Å². The van der Waals surface area contributed by atoms with E-state index in [-0.39, 0.29) is 5.75 Å². The molecule has 0 aromatic heterocycles. The molecular weight excluding hydrogens is 406 g/mol. The summed E-state index contributed by atoms with van der Waals surface area (Å²) in [6, 6.07) is 18.1. The number of ether oxygens (including phenoxy) is 3. The van der Waals surface area contributed by atoms with Crippen molar-refractivity contribution in [2.75, 3.05) is 26.6 Å². The molecule has 0 aliphatic rings. The Balaban J connectivity index is 1.63. The molecule has 0 aliphatic carbocycles. The van der Waals surface area contributed by atoms with Gasteiger partial charge in [-0.1, -0.05) is 36.4 Å². The Hall–Kier alpha value is -3.90. The SMILES string of the molecule is COc1cc(/C=C\c2ccc(N/C=C\C(O)c3ccc(O)cc3)cc2)cc(OC)c1OC. The van der Waals surface area contributed by atoms with Crippen molar-refractivity contribution in [3.63, 3.8) is 0 Å². The monoisotopic (exact) mass is 433 g/mol. The molecule has 3 aromatic carbocycles. The van der Waals surface area contributed by atoms with Gasteiger partial charge in [0.05, 0.1) is 27.4 Å². The summed E-state index contributed by atoms with van der Waals surface area (Å²) >= 11 is 0. The number of phenolic OH excluding ortho intramolecular Hbond substituents is 1. The molecule has 0 amide bonds. The number of rotatable bonds is 9.